The Labute approximate surface area is 164 Å². The average Bonchev–Trinajstić information content (AvgIpc) is 2.65. The number of nitrogens with zero attached hydrogens (tertiary/aromatic N) is 2. The van der Waals surface area contributed by atoms with E-state index in [1.807, 2.05) is 43.3 Å². The van der Waals surface area contributed by atoms with Gasteiger partial charge in [0.2, 0.25) is 0 Å². The number of fused-ring (bicyclic) bond motifs is 2. The molecule has 0 aromatic heterocycles. The van der Waals surface area contributed by atoms with E-state index in [0.29, 0.717) is 12.0 Å². The van der Waals surface area contributed by atoms with Crippen molar-refractivity contribution in [2.45, 2.75) is 12.5 Å². The molecule has 0 saturated heterocycles. The number of hydrogen-bond acceptors (Lipinski definition) is 3. The fourth-order valence-electron chi connectivity index (χ4n) is 3.67. The van der Waals surface area contributed by atoms with E-state index < -0.39 is 0 Å². The molecule has 0 N–H and O–H groups in total. The first-order chi connectivity index (χ1) is 12.6. The van der Waals surface area contributed by atoms with Crippen LogP contribution in [0.2, 0.25) is 0 Å². The van der Waals surface area contributed by atoms with Crippen molar-refractivity contribution >= 4 is 29.0 Å². The lowest BCUT2D eigenvalue weighted by Gasteiger charge is -2.29. The number of hydrogen-bond donors (Lipinski definition) is 0. The third kappa shape index (κ3) is 3.26. The molecule has 0 fully saturated rings. The zero-order valence-electron chi connectivity index (χ0n) is 15.6. The molecule has 0 saturated carbocycles. The van der Waals surface area contributed by atoms with Gasteiger partial charge in [0, 0.05) is 37.0 Å². The summed E-state index contributed by atoms with van der Waals surface area (Å²) in [6.45, 7) is 0. The second kappa shape index (κ2) is 7.57. The number of aliphatic imine (C=N–C) groups is 1. The Balaban J connectivity index is 0.00000210. The summed E-state index contributed by atoms with van der Waals surface area (Å²) in [4.78, 5) is 6.87. The fraction of sp³-hybridized carbons (Fsp3) is 0.227. The van der Waals surface area contributed by atoms with E-state index in [2.05, 4.69) is 18.2 Å². The van der Waals surface area contributed by atoms with Gasteiger partial charge in [-0.15, -0.1) is 12.4 Å². The highest BCUT2D eigenvalue weighted by Crippen LogP contribution is 2.42. The first-order valence-electron chi connectivity index (χ1n) is 8.67. The second-order valence-corrected chi connectivity index (χ2v) is 6.74. The van der Waals surface area contributed by atoms with Crippen LogP contribution in [0.25, 0.3) is 10.8 Å². The zero-order valence-corrected chi connectivity index (χ0v) is 16.4. The van der Waals surface area contributed by atoms with Gasteiger partial charge >= 0.3 is 0 Å². The Morgan fingerprint density at radius 1 is 1.04 bits per heavy atom. The molecule has 4 rings (SSSR count). The summed E-state index contributed by atoms with van der Waals surface area (Å²) in [5, 5.41) is 2.15. The molecule has 0 aliphatic carbocycles. The maximum absolute atomic E-state index is 14.6. The van der Waals surface area contributed by atoms with Gasteiger partial charge < -0.3 is 9.64 Å². The van der Waals surface area contributed by atoms with Crippen LogP contribution in [-0.4, -0.2) is 31.9 Å². The Morgan fingerprint density at radius 2 is 1.74 bits per heavy atom. The lowest BCUT2D eigenvalue weighted by Crippen LogP contribution is -2.29. The van der Waals surface area contributed by atoms with Crippen molar-refractivity contribution in [3.05, 3.63) is 77.1 Å². The maximum Gasteiger partial charge on any atom is 0.130 e. The molecule has 5 heteroatoms. The van der Waals surface area contributed by atoms with Crippen molar-refractivity contribution in [3.8, 4) is 5.75 Å². The summed E-state index contributed by atoms with van der Waals surface area (Å²) in [5.41, 5.74) is 2.68. The molecule has 1 aliphatic heterocycles. The van der Waals surface area contributed by atoms with E-state index in [-0.39, 0.29) is 24.3 Å². The van der Waals surface area contributed by atoms with Gasteiger partial charge in [0.05, 0.1) is 7.11 Å². The summed E-state index contributed by atoms with van der Waals surface area (Å²) in [5.74, 6) is 1.53. The molecule has 0 spiro atoms. The largest absolute Gasteiger partial charge is 0.496 e. The van der Waals surface area contributed by atoms with Crippen LogP contribution in [-0.2, 0) is 6.42 Å². The number of benzene rings is 3. The van der Waals surface area contributed by atoms with E-state index in [9.17, 15) is 4.39 Å². The normalized spacial score (nSPS) is 15.6. The molecule has 3 aromatic rings. The molecule has 3 aromatic carbocycles. The van der Waals surface area contributed by atoms with Gasteiger partial charge in [-0.25, -0.2) is 4.39 Å². The fourth-order valence-corrected chi connectivity index (χ4v) is 3.67. The van der Waals surface area contributed by atoms with Gasteiger partial charge in [-0.05, 0) is 23.1 Å². The minimum Gasteiger partial charge on any atom is -0.496 e. The molecule has 1 aliphatic rings. The maximum atomic E-state index is 14.6. The number of likely N-dealkylation sites (N-methyl/N-ethyl adjacent to an activating group) is 1. The third-order valence-corrected chi connectivity index (χ3v) is 4.97. The van der Waals surface area contributed by atoms with E-state index in [4.69, 9.17) is 9.73 Å². The highest BCUT2D eigenvalue weighted by Gasteiger charge is 2.29. The molecule has 0 radical (unpaired) electrons. The van der Waals surface area contributed by atoms with Crippen LogP contribution in [0.3, 0.4) is 0 Å². The predicted octanol–water partition coefficient (Wildman–Crippen LogP) is 5.01. The van der Waals surface area contributed by atoms with E-state index in [1.54, 1.807) is 13.2 Å². The quantitative estimate of drug-likeness (QED) is 0.620. The number of amidine groups is 1. The first-order valence-corrected chi connectivity index (χ1v) is 8.67. The predicted molar refractivity (Wildman–Crippen MR) is 111 cm³/mol. The van der Waals surface area contributed by atoms with E-state index >= 15 is 0 Å². The molecular weight excluding hydrogens is 363 g/mol. The molecule has 3 nitrogen and oxygen atoms in total. The van der Waals surface area contributed by atoms with Gasteiger partial charge in [0.15, 0.2) is 0 Å². The Bertz CT molecular complexity index is 1020. The second-order valence-electron chi connectivity index (χ2n) is 6.74. The lowest BCUT2D eigenvalue weighted by molar-refractivity contribution is 0.413. The van der Waals surface area contributed by atoms with Crippen LogP contribution in [0.1, 0.15) is 22.7 Å². The smallest absolute Gasteiger partial charge is 0.130 e. The van der Waals surface area contributed by atoms with Gasteiger partial charge in [0.25, 0.3) is 0 Å². The summed E-state index contributed by atoms with van der Waals surface area (Å²) in [6.07, 6.45) is 0.668. The molecular formula is C22H22ClFN2O. The summed E-state index contributed by atoms with van der Waals surface area (Å²) in [6, 6.07) is 16.8. The molecule has 27 heavy (non-hydrogen) atoms. The van der Waals surface area contributed by atoms with Crippen LogP contribution in [0, 0.1) is 5.82 Å². The summed E-state index contributed by atoms with van der Waals surface area (Å²) < 4.78 is 20.4. The van der Waals surface area contributed by atoms with Crippen LogP contribution in [0.15, 0.2) is 59.6 Å². The topological polar surface area (TPSA) is 24.8 Å². The molecule has 1 heterocycles. The van der Waals surface area contributed by atoms with Crippen LogP contribution < -0.4 is 4.74 Å². The molecule has 140 valence electrons. The summed E-state index contributed by atoms with van der Waals surface area (Å²) >= 11 is 0. The number of methoxy groups -OCH3 is 1. The average molecular weight is 385 g/mol. The standard InChI is InChI=1S/C22H21FN2O.ClH/c1-25(2)20-13-18-17(21(24-20)16-10-6-7-11-19(16)23)12-14-8-4-5-9-15(14)22(18)26-3;/h4-12,21H,13H2,1-3H3;1H. The van der Waals surface area contributed by atoms with Gasteiger partial charge in [0.1, 0.15) is 23.4 Å². The monoisotopic (exact) mass is 384 g/mol. The molecule has 1 unspecified atom stereocenters. The lowest BCUT2D eigenvalue weighted by atomic mass is 9.87. The van der Waals surface area contributed by atoms with Crippen molar-refractivity contribution in [2.24, 2.45) is 4.99 Å². The number of rotatable bonds is 2. The molecule has 0 amide bonds. The minimum absolute atomic E-state index is 0. The number of halogens is 2. The molecule has 1 atom stereocenters. The van der Waals surface area contributed by atoms with Crippen LogP contribution in [0.4, 0.5) is 4.39 Å². The van der Waals surface area contributed by atoms with Crippen molar-refractivity contribution < 1.29 is 9.13 Å². The SMILES string of the molecule is COc1c2c(cc3ccccc13)C(c1ccccc1F)N=C(N(C)C)C2.Cl. The van der Waals surface area contributed by atoms with Crippen molar-refractivity contribution in [3.63, 3.8) is 0 Å². The van der Waals surface area contributed by atoms with Gasteiger partial charge in [-0.2, -0.15) is 0 Å². The van der Waals surface area contributed by atoms with Crippen molar-refractivity contribution in [1.29, 1.82) is 0 Å². The van der Waals surface area contributed by atoms with Crippen LogP contribution >= 0.6 is 12.4 Å². The van der Waals surface area contributed by atoms with E-state index in [0.717, 1.165) is 33.5 Å². The highest BCUT2D eigenvalue weighted by molar-refractivity contribution is 5.95. The Kier molecular flexibility index (Phi) is 5.38. The highest BCUT2D eigenvalue weighted by atomic mass is 35.5. The molecule has 0 bridgehead atoms. The van der Waals surface area contributed by atoms with Crippen molar-refractivity contribution in [1.82, 2.24) is 4.90 Å². The van der Waals surface area contributed by atoms with Crippen molar-refractivity contribution in [2.75, 3.05) is 21.2 Å². The minimum atomic E-state index is -0.379. The van der Waals surface area contributed by atoms with E-state index in [1.165, 1.54) is 6.07 Å². The Hall–Kier alpha value is -2.59. The third-order valence-electron chi connectivity index (χ3n) is 4.97. The van der Waals surface area contributed by atoms with Gasteiger partial charge in [-0.3, -0.25) is 4.99 Å². The Morgan fingerprint density at radius 3 is 2.44 bits per heavy atom. The summed E-state index contributed by atoms with van der Waals surface area (Å²) in [7, 11) is 5.63. The first kappa shape index (κ1) is 19.2. The number of ether oxygens (including phenoxy) is 1. The van der Waals surface area contributed by atoms with Gasteiger partial charge in [-0.1, -0.05) is 42.5 Å². The van der Waals surface area contributed by atoms with Crippen LogP contribution in [0.5, 0.6) is 5.75 Å². The zero-order chi connectivity index (χ0) is 18.3.